The number of sulfonamides is 1. The van der Waals surface area contributed by atoms with Crippen molar-refractivity contribution in [1.82, 2.24) is 9.21 Å². The van der Waals surface area contributed by atoms with Gasteiger partial charge >= 0.3 is 0 Å². The number of likely N-dealkylation sites (N-methyl/N-ethyl adjacent to an activating group) is 1. The zero-order valence-corrected chi connectivity index (χ0v) is 13.8. The second kappa shape index (κ2) is 5.52. The van der Waals surface area contributed by atoms with E-state index in [0.29, 0.717) is 4.90 Å². The number of benzene rings is 1. The van der Waals surface area contributed by atoms with Gasteiger partial charge < -0.3 is 4.90 Å². The highest BCUT2D eigenvalue weighted by molar-refractivity contribution is 9.10. The molecule has 2 atom stereocenters. The Balaban J connectivity index is 2.39. The first kappa shape index (κ1) is 15.0. The predicted octanol–water partition coefficient (Wildman–Crippen LogP) is 2.16. The third-order valence-electron chi connectivity index (χ3n) is 3.39. The molecule has 19 heavy (non-hydrogen) atoms. The molecule has 0 bridgehead atoms. The van der Waals surface area contributed by atoms with E-state index < -0.39 is 10.0 Å². The zero-order chi connectivity index (χ0) is 14.2. The van der Waals surface area contributed by atoms with Crippen molar-refractivity contribution >= 4 is 26.0 Å². The standard InChI is InChI=1S/C13H19BrN2O2S/c1-10-8-15(3)9-11(2)16(10)19(17,18)13-6-4-5-12(14)7-13/h4-7,10-11H,8-9H2,1-3H3. The van der Waals surface area contributed by atoms with Crippen LogP contribution in [0.15, 0.2) is 33.6 Å². The van der Waals surface area contributed by atoms with Gasteiger partial charge in [-0.1, -0.05) is 22.0 Å². The lowest BCUT2D eigenvalue weighted by atomic mass is 10.2. The van der Waals surface area contributed by atoms with Gasteiger partial charge in [-0.05, 0) is 39.1 Å². The van der Waals surface area contributed by atoms with Crippen LogP contribution in [0.1, 0.15) is 13.8 Å². The van der Waals surface area contributed by atoms with Crippen molar-refractivity contribution in [3.8, 4) is 0 Å². The Morgan fingerprint density at radius 2 is 1.79 bits per heavy atom. The van der Waals surface area contributed by atoms with Crippen LogP contribution < -0.4 is 0 Å². The van der Waals surface area contributed by atoms with Crippen molar-refractivity contribution in [2.45, 2.75) is 30.8 Å². The van der Waals surface area contributed by atoms with E-state index in [4.69, 9.17) is 0 Å². The molecule has 2 unspecified atom stereocenters. The summed E-state index contributed by atoms with van der Waals surface area (Å²) >= 11 is 3.33. The maximum atomic E-state index is 12.8. The summed E-state index contributed by atoms with van der Waals surface area (Å²) in [6, 6.07) is 6.86. The number of halogens is 1. The third kappa shape index (κ3) is 3.02. The van der Waals surface area contributed by atoms with Crippen LogP contribution in [0.25, 0.3) is 0 Å². The van der Waals surface area contributed by atoms with Gasteiger partial charge in [0, 0.05) is 29.6 Å². The Morgan fingerprint density at radius 3 is 2.32 bits per heavy atom. The average Bonchev–Trinajstić information content (AvgIpc) is 2.26. The molecule has 4 nitrogen and oxygen atoms in total. The van der Waals surface area contributed by atoms with Crippen LogP contribution in [-0.2, 0) is 10.0 Å². The summed E-state index contributed by atoms with van der Waals surface area (Å²) < 4.78 is 27.9. The van der Waals surface area contributed by atoms with Crippen molar-refractivity contribution in [2.75, 3.05) is 20.1 Å². The molecule has 2 rings (SSSR count). The van der Waals surface area contributed by atoms with Gasteiger partial charge in [-0.3, -0.25) is 0 Å². The highest BCUT2D eigenvalue weighted by Crippen LogP contribution is 2.26. The van der Waals surface area contributed by atoms with Crippen LogP contribution >= 0.6 is 15.9 Å². The highest BCUT2D eigenvalue weighted by atomic mass is 79.9. The third-order valence-corrected chi connectivity index (χ3v) is 6.01. The fourth-order valence-corrected chi connectivity index (χ4v) is 5.20. The molecule has 0 radical (unpaired) electrons. The number of hydrogen-bond acceptors (Lipinski definition) is 3. The first-order valence-corrected chi connectivity index (χ1v) is 8.53. The minimum Gasteiger partial charge on any atom is -0.303 e. The molecule has 1 saturated heterocycles. The first-order valence-electron chi connectivity index (χ1n) is 6.30. The smallest absolute Gasteiger partial charge is 0.243 e. The fraction of sp³-hybridized carbons (Fsp3) is 0.538. The van der Waals surface area contributed by atoms with Gasteiger partial charge in [0.25, 0.3) is 0 Å². The van der Waals surface area contributed by atoms with Gasteiger partial charge in [-0.15, -0.1) is 0 Å². The van der Waals surface area contributed by atoms with Gasteiger partial charge in [-0.2, -0.15) is 4.31 Å². The van der Waals surface area contributed by atoms with E-state index in [1.807, 2.05) is 27.0 Å². The Morgan fingerprint density at radius 1 is 1.21 bits per heavy atom. The summed E-state index contributed by atoms with van der Waals surface area (Å²) in [5.41, 5.74) is 0. The maximum absolute atomic E-state index is 12.8. The van der Waals surface area contributed by atoms with Crippen LogP contribution in [-0.4, -0.2) is 49.8 Å². The number of rotatable bonds is 2. The Labute approximate surface area is 123 Å². The van der Waals surface area contributed by atoms with Gasteiger partial charge in [0.1, 0.15) is 0 Å². The molecule has 0 amide bonds. The molecule has 106 valence electrons. The van der Waals surface area contributed by atoms with Crippen molar-refractivity contribution in [3.63, 3.8) is 0 Å². The van der Waals surface area contributed by atoms with E-state index in [1.165, 1.54) is 0 Å². The van der Waals surface area contributed by atoms with Crippen LogP contribution in [0, 0.1) is 0 Å². The zero-order valence-electron chi connectivity index (χ0n) is 11.4. The highest BCUT2D eigenvalue weighted by Gasteiger charge is 2.37. The molecule has 1 fully saturated rings. The van der Waals surface area contributed by atoms with Crippen molar-refractivity contribution in [1.29, 1.82) is 0 Å². The van der Waals surface area contributed by atoms with Gasteiger partial charge in [-0.25, -0.2) is 8.42 Å². The molecular formula is C13H19BrN2O2S. The predicted molar refractivity (Wildman–Crippen MR) is 79.6 cm³/mol. The van der Waals surface area contributed by atoms with Crippen LogP contribution in [0.5, 0.6) is 0 Å². The normalized spacial score (nSPS) is 26.5. The van der Waals surface area contributed by atoms with Crippen LogP contribution in [0.3, 0.4) is 0 Å². The quantitative estimate of drug-likeness (QED) is 0.823. The Hall–Kier alpha value is -0.430. The molecule has 1 aromatic rings. The molecule has 0 aliphatic carbocycles. The van der Waals surface area contributed by atoms with E-state index in [2.05, 4.69) is 20.8 Å². The second-order valence-electron chi connectivity index (χ2n) is 5.21. The summed E-state index contributed by atoms with van der Waals surface area (Å²) in [7, 11) is -1.41. The number of nitrogens with zero attached hydrogens (tertiary/aromatic N) is 2. The molecule has 6 heteroatoms. The van der Waals surface area contributed by atoms with Crippen molar-refractivity contribution < 1.29 is 8.42 Å². The lowest BCUT2D eigenvalue weighted by molar-refractivity contribution is 0.123. The fourth-order valence-electron chi connectivity index (χ4n) is 2.79. The minimum atomic E-state index is -3.43. The summed E-state index contributed by atoms with van der Waals surface area (Å²) in [5, 5.41) is 0. The molecule has 1 aliphatic heterocycles. The van der Waals surface area contributed by atoms with Crippen molar-refractivity contribution in [3.05, 3.63) is 28.7 Å². The molecule has 1 heterocycles. The van der Waals surface area contributed by atoms with E-state index >= 15 is 0 Å². The van der Waals surface area contributed by atoms with Gasteiger partial charge in [0.2, 0.25) is 10.0 Å². The SMILES string of the molecule is CC1CN(C)CC(C)N1S(=O)(=O)c1cccc(Br)c1. The molecule has 0 spiro atoms. The number of hydrogen-bond donors (Lipinski definition) is 0. The van der Waals surface area contributed by atoms with E-state index in [0.717, 1.165) is 17.6 Å². The summed E-state index contributed by atoms with van der Waals surface area (Å²) in [6.07, 6.45) is 0. The van der Waals surface area contributed by atoms with Crippen LogP contribution in [0.4, 0.5) is 0 Å². The average molecular weight is 347 g/mol. The lowest BCUT2D eigenvalue weighted by Gasteiger charge is -2.42. The molecule has 0 aromatic heterocycles. The van der Waals surface area contributed by atoms with Crippen LogP contribution in [0.2, 0.25) is 0 Å². The molecular weight excluding hydrogens is 328 g/mol. The summed E-state index contributed by atoms with van der Waals surface area (Å²) in [5.74, 6) is 0. The monoisotopic (exact) mass is 346 g/mol. The number of piperazine rings is 1. The van der Waals surface area contributed by atoms with E-state index in [1.54, 1.807) is 22.5 Å². The van der Waals surface area contributed by atoms with E-state index in [-0.39, 0.29) is 12.1 Å². The largest absolute Gasteiger partial charge is 0.303 e. The maximum Gasteiger partial charge on any atom is 0.243 e. The summed E-state index contributed by atoms with van der Waals surface area (Å²) in [6.45, 7) is 5.44. The Bertz CT molecular complexity index is 550. The first-order chi connectivity index (χ1) is 8.82. The molecule has 1 aliphatic rings. The van der Waals surface area contributed by atoms with Crippen molar-refractivity contribution in [2.24, 2.45) is 0 Å². The molecule has 0 N–H and O–H groups in total. The lowest BCUT2D eigenvalue weighted by Crippen LogP contribution is -2.57. The van der Waals surface area contributed by atoms with Gasteiger partial charge in [0.05, 0.1) is 4.90 Å². The molecule has 0 saturated carbocycles. The van der Waals surface area contributed by atoms with E-state index in [9.17, 15) is 8.42 Å². The minimum absolute atomic E-state index is 0.0160. The van der Waals surface area contributed by atoms with Gasteiger partial charge in [0.15, 0.2) is 0 Å². The second-order valence-corrected chi connectivity index (χ2v) is 7.97. The summed E-state index contributed by atoms with van der Waals surface area (Å²) in [4.78, 5) is 2.52. The molecule has 1 aromatic carbocycles. The Kier molecular flexibility index (Phi) is 4.35. The topological polar surface area (TPSA) is 40.6 Å².